The number of benzene rings is 9. The second-order valence-electron chi connectivity index (χ2n) is 20.0. The monoisotopic (exact) mass is 845 g/mol. The lowest BCUT2D eigenvalue weighted by molar-refractivity contribution is 0.651. The fourth-order valence-electron chi connectivity index (χ4n) is 12.6. The van der Waals surface area contributed by atoms with Crippen LogP contribution in [0.4, 0.5) is 17.1 Å². The molecule has 0 amide bonds. The molecule has 0 radical (unpaired) electrons. The van der Waals surface area contributed by atoms with Crippen LogP contribution in [-0.2, 0) is 16.2 Å². The van der Waals surface area contributed by atoms with Gasteiger partial charge in [0.15, 0.2) is 0 Å². The third-order valence-corrected chi connectivity index (χ3v) is 15.8. The molecule has 66 heavy (non-hydrogen) atoms. The minimum Gasteiger partial charge on any atom is -0.310 e. The molecule has 1 nitrogen and oxygen atoms in total. The first kappa shape index (κ1) is 38.9. The van der Waals surface area contributed by atoms with E-state index in [0.29, 0.717) is 0 Å². The maximum atomic E-state index is 2.51. The second-order valence-corrected chi connectivity index (χ2v) is 20.0. The highest BCUT2D eigenvalue weighted by Crippen LogP contribution is 2.58. The summed E-state index contributed by atoms with van der Waals surface area (Å²) in [5.41, 5.74) is 24.3. The first-order valence-corrected chi connectivity index (χ1v) is 23.7. The van der Waals surface area contributed by atoms with E-state index >= 15 is 0 Å². The van der Waals surface area contributed by atoms with Crippen molar-refractivity contribution in [1.29, 1.82) is 0 Å². The average molecular weight is 846 g/mol. The minimum atomic E-state index is -0.472. The van der Waals surface area contributed by atoms with E-state index in [1.54, 1.807) is 0 Å². The maximum Gasteiger partial charge on any atom is 0.0713 e. The van der Waals surface area contributed by atoms with Crippen molar-refractivity contribution in [1.82, 2.24) is 0 Å². The zero-order valence-electron chi connectivity index (χ0n) is 38.1. The summed E-state index contributed by atoms with van der Waals surface area (Å²) in [6, 6.07) is 75.9. The van der Waals surface area contributed by atoms with Crippen LogP contribution in [0.25, 0.3) is 49.7 Å². The van der Waals surface area contributed by atoms with Gasteiger partial charge < -0.3 is 4.90 Å². The molecular formula is C65H51N. The van der Waals surface area contributed by atoms with Crippen LogP contribution >= 0.6 is 0 Å². The van der Waals surface area contributed by atoms with E-state index in [1.165, 1.54) is 111 Å². The van der Waals surface area contributed by atoms with Crippen LogP contribution in [0.2, 0.25) is 0 Å². The van der Waals surface area contributed by atoms with E-state index in [1.807, 2.05) is 0 Å². The van der Waals surface area contributed by atoms with Gasteiger partial charge in [-0.15, -0.1) is 0 Å². The number of allylic oxidation sites excluding steroid dienone is 4. The first-order valence-electron chi connectivity index (χ1n) is 23.7. The van der Waals surface area contributed by atoms with E-state index < -0.39 is 5.41 Å². The lowest BCUT2D eigenvalue weighted by Gasteiger charge is -2.34. The van der Waals surface area contributed by atoms with Crippen LogP contribution in [0, 0.1) is 0 Å². The number of fused-ring (bicyclic) bond motifs is 9. The fraction of sp³-hybridized carbons (Fsp3) is 0.138. The Balaban J connectivity index is 0.997. The van der Waals surface area contributed by atoms with Gasteiger partial charge in [0.25, 0.3) is 0 Å². The summed E-state index contributed by atoms with van der Waals surface area (Å²) < 4.78 is 0. The Morgan fingerprint density at radius 3 is 1.71 bits per heavy atom. The Labute approximate surface area is 389 Å². The topological polar surface area (TPSA) is 3.24 Å². The molecule has 316 valence electrons. The predicted molar refractivity (Wildman–Crippen MR) is 277 cm³/mol. The first-order chi connectivity index (χ1) is 32.2. The Hall–Kier alpha value is -7.48. The molecular weight excluding hydrogens is 795 g/mol. The summed E-state index contributed by atoms with van der Waals surface area (Å²) in [6.45, 7) is 9.58. The minimum absolute atomic E-state index is 0.0760. The number of anilines is 3. The second kappa shape index (κ2) is 14.3. The fourth-order valence-corrected chi connectivity index (χ4v) is 12.6. The van der Waals surface area contributed by atoms with Gasteiger partial charge in [-0.05, 0) is 167 Å². The van der Waals surface area contributed by atoms with Crippen molar-refractivity contribution in [2.45, 2.75) is 56.8 Å². The Morgan fingerprint density at radius 1 is 0.379 bits per heavy atom. The largest absolute Gasteiger partial charge is 0.310 e. The molecule has 0 unspecified atom stereocenters. The third kappa shape index (κ3) is 5.47. The smallest absolute Gasteiger partial charge is 0.0713 e. The zero-order chi connectivity index (χ0) is 44.4. The van der Waals surface area contributed by atoms with Crippen molar-refractivity contribution < 1.29 is 0 Å². The summed E-state index contributed by atoms with van der Waals surface area (Å²) in [5, 5.41) is 2.52. The summed E-state index contributed by atoms with van der Waals surface area (Å²) in [4.78, 5) is 2.51. The SMILES string of the molecule is CC1(C)C2=C(CCC=C2)c2ccc(N(c3cccc(-c4ccc5c(c4)-c4cc6ccccc6cc4C5(c4ccccc4)c4ccccc4)c3)c3ccc4c(c3)C(C)(C)c3ccccc3-4)cc21. The van der Waals surface area contributed by atoms with Gasteiger partial charge in [0.1, 0.15) is 0 Å². The van der Waals surface area contributed by atoms with Crippen molar-refractivity contribution in [3.63, 3.8) is 0 Å². The molecule has 0 saturated carbocycles. The van der Waals surface area contributed by atoms with Gasteiger partial charge >= 0.3 is 0 Å². The molecule has 0 bridgehead atoms. The normalized spacial score (nSPS) is 16.3. The molecule has 1 heteroatoms. The van der Waals surface area contributed by atoms with Crippen molar-refractivity contribution >= 4 is 33.4 Å². The molecule has 0 N–H and O–H groups in total. The average Bonchev–Trinajstić information content (AvgIpc) is 3.87. The van der Waals surface area contributed by atoms with E-state index in [0.717, 1.165) is 18.5 Å². The van der Waals surface area contributed by atoms with Gasteiger partial charge in [-0.2, -0.15) is 0 Å². The van der Waals surface area contributed by atoms with E-state index in [2.05, 4.69) is 245 Å². The molecule has 0 aromatic heterocycles. The molecule has 13 rings (SSSR count). The van der Waals surface area contributed by atoms with Crippen LogP contribution in [-0.4, -0.2) is 0 Å². The van der Waals surface area contributed by atoms with Crippen LogP contribution < -0.4 is 4.90 Å². The Morgan fingerprint density at radius 2 is 0.970 bits per heavy atom. The van der Waals surface area contributed by atoms with E-state index in [-0.39, 0.29) is 10.8 Å². The highest BCUT2D eigenvalue weighted by molar-refractivity contribution is 5.97. The summed E-state index contributed by atoms with van der Waals surface area (Å²) in [6.07, 6.45) is 6.96. The predicted octanol–water partition coefficient (Wildman–Crippen LogP) is 17.0. The molecule has 0 saturated heterocycles. The molecule has 0 heterocycles. The molecule has 9 aromatic rings. The van der Waals surface area contributed by atoms with Gasteiger partial charge in [0, 0.05) is 27.9 Å². The van der Waals surface area contributed by atoms with Gasteiger partial charge in [-0.3, -0.25) is 0 Å². The molecule has 0 fully saturated rings. The highest BCUT2D eigenvalue weighted by atomic mass is 15.1. The highest BCUT2D eigenvalue weighted by Gasteiger charge is 2.46. The molecule has 9 aromatic carbocycles. The number of hydrogen-bond acceptors (Lipinski definition) is 1. The summed E-state index contributed by atoms with van der Waals surface area (Å²) in [7, 11) is 0. The standard InChI is InChI=1S/C65H51N/c1-63(2)57-28-15-13-26-51(57)53-33-31-49(40-60(53)63)66(50-32-34-54-52-27-14-16-29-58(52)64(3,4)61(54)41-50)48-25-17-20-42(36-48)45-30-35-59-55(38-45)56-37-43-18-11-12-19-44(43)39-62(56)65(59,46-21-7-5-8-22-46)47-23-9-6-10-24-47/h5-13,15-26,28-41H,14,27H2,1-4H3. The summed E-state index contributed by atoms with van der Waals surface area (Å²) in [5.74, 6) is 0. The van der Waals surface area contributed by atoms with Gasteiger partial charge in [-0.1, -0.05) is 185 Å². The van der Waals surface area contributed by atoms with Crippen molar-refractivity contribution in [2.24, 2.45) is 0 Å². The van der Waals surface area contributed by atoms with Crippen LogP contribution in [0.1, 0.15) is 85.0 Å². The summed E-state index contributed by atoms with van der Waals surface area (Å²) >= 11 is 0. The number of rotatable bonds is 6. The molecule has 0 aliphatic heterocycles. The van der Waals surface area contributed by atoms with Crippen molar-refractivity contribution in [2.75, 3.05) is 4.90 Å². The maximum absolute atomic E-state index is 2.51. The Bertz CT molecular complexity index is 3490. The lowest BCUT2D eigenvalue weighted by atomic mass is 9.67. The van der Waals surface area contributed by atoms with Crippen molar-refractivity contribution in [3.05, 3.63) is 262 Å². The van der Waals surface area contributed by atoms with E-state index in [9.17, 15) is 0 Å². The van der Waals surface area contributed by atoms with Crippen molar-refractivity contribution in [3.8, 4) is 33.4 Å². The molecule has 4 aliphatic carbocycles. The van der Waals surface area contributed by atoms with Gasteiger partial charge in [0.05, 0.1) is 5.41 Å². The third-order valence-electron chi connectivity index (χ3n) is 15.8. The molecule has 4 aliphatic rings. The van der Waals surface area contributed by atoms with Crippen LogP contribution in [0.15, 0.2) is 218 Å². The van der Waals surface area contributed by atoms with Gasteiger partial charge in [-0.25, -0.2) is 0 Å². The van der Waals surface area contributed by atoms with Crippen LogP contribution in [0.5, 0.6) is 0 Å². The van der Waals surface area contributed by atoms with Crippen LogP contribution in [0.3, 0.4) is 0 Å². The molecule has 0 spiro atoms. The lowest BCUT2D eigenvalue weighted by Crippen LogP contribution is -2.28. The van der Waals surface area contributed by atoms with Gasteiger partial charge in [0.2, 0.25) is 0 Å². The Kier molecular flexibility index (Phi) is 8.41. The zero-order valence-corrected chi connectivity index (χ0v) is 38.1. The quantitative estimate of drug-likeness (QED) is 0.161. The number of hydrogen-bond donors (Lipinski definition) is 0. The molecule has 0 atom stereocenters. The number of nitrogens with zero attached hydrogens (tertiary/aromatic N) is 1. The van der Waals surface area contributed by atoms with E-state index in [4.69, 9.17) is 0 Å².